The molecule has 0 saturated carbocycles. The van der Waals surface area contributed by atoms with Crippen LogP contribution in [0, 0.1) is 0 Å². The molecule has 2 aliphatic rings. The average molecular weight is 401 g/mol. The van der Waals surface area contributed by atoms with Crippen LogP contribution < -0.4 is 5.32 Å². The molecule has 2 saturated heterocycles. The Labute approximate surface area is 168 Å². The number of anilines is 1. The first-order valence-corrected chi connectivity index (χ1v) is 10.3. The molecule has 0 radical (unpaired) electrons. The van der Waals surface area contributed by atoms with Gasteiger partial charge in [-0.3, -0.25) is 9.59 Å². The quantitative estimate of drug-likeness (QED) is 0.850. The molecule has 1 N–H and O–H groups in total. The molecule has 0 aromatic carbocycles. The van der Waals surface area contributed by atoms with Gasteiger partial charge in [-0.1, -0.05) is 20.8 Å². The molecule has 4 rings (SSSR count). The van der Waals surface area contributed by atoms with Crippen LogP contribution in [0.5, 0.6) is 0 Å². The zero-order valence-corrected chi connectivity index (χ0v) is 17.3. The lowest BCUT2D eigenvalue weighted by Crippen LogP contribution is -2.48. The number of hydrogen-bond acceptors (Lipinski definition) is 6. The molecule has 0 bridgehead atoms. The molecule has 9 heteroatoms. The van der Waals surface area contributed by atoms with Crippen molar-refractivity contribution in [1.29, 1.82) is 0 Å². The monoisotopic (exact) mass is 400 g/mol. The number of amides is 2. The Morgan fingerprint density at radius 1 is 1.32 bits per heavy atom. The van der Waals surface area contributed by atoms with E-state index in [0.717, 1.165) is 12.1 Å². The first kappa shape index (κ1) is 18.9. The van der Waals surface area contributed by atoms with Crippen LogP contribution in [-0.4, -0.2) is 53.1 Å². The molecule has 2 aliphatic heterocycles. The molecule has 4 heterocycles. The standard InChI is InChI=1S/C19H24N6O2S/c1-18(2,3)13-10-14(25(23-13)17-20-8-5-9-21-17)22-16(27)12-11-28-19(4)7-6-15(26)24(12)19/h5,8-10,12H,6-7,11H2,1-4H3,(H,22,27). The molecule has 28 heavy (non-hydrogen) atoms. The fourth-order valence-corrected chi connectivity index (χ4v) is 5.05. The van der Waals surface area contributed by atoms with Crippen molar-refractivity contribution in [3.05, 3.63) is 30.2 Å². The summed E-state index contributed by atoms with van der Waals surface area (Å²) in [6.45, 7) is 8.20. The van der Waals surface area contributed by atoms with Crippen LogP contribution in [0.4, 0.5) is 5.82 Å². The Bertz CT molecular complexity index is 922. The Morgan fingerprint density at radius 2 is 2.04 bits per heavy atom. The van der Waals surface area contributed by atoms with Crippen molar-refractivity contribution in [1.82, 2.24) is 24.6 Å². The van der Waals surface area contributed by atoms with Crippen LogP contribution in [0.1, 0.15) is 46.2 Å². The minimum atomic E-state index is -0.483. The summed E-state index contributed by atoms with van der Waals surface area (Å²) in [4.78, 5) is 35.4. The molecular weight excluding hydrogens is 376 g/mol. The van der Waals surface area contributed by atoms with Crippen LogP contribution in [0.25, 0.3) is 5.95 Å². The van der Waals surface area contributed by atoms with Gasteiger partial charge < -0.3 is 10.2 Å². The molecule has 2 fully saturated rings. The van der Waals surface area contributed by atoms with Gasteiger partial charge in [0.25, 0.3) is 5.95 Å². The molecule has 2 aromatic heterocycles. The number of fused-ring (bicyclic) bond motifs is 1. The van der Waals surface area contributed by atoms with E-state index in [1.807, 2.05) is 13.0 Å². The lowest BCUT2D eigenvalue weighted by atomic mass is 9.92. The molecular formula is C19H24N6O2S. The lowest BCUT2D eigenvalue weighted by molar-refractivity contribution is -0.135. The molecule has 2 amide bonds. The highest BCUT2D eigenvalue weighted by atomic mass is 32.2. The summed E-state index contributed by atoms with van der Waals surface area (Å²) in [5.74, 6) is 1.32. The van der Waals surface area contributed by atoms with E-state index in [2.05, 4.69) is 41.2 Å². The average Bonchev–Trinajstić information content (AvgIpc) is 3.29. The Hall–Kier alpha value is -2.42. The van der Waals surface area contributed by atoms with Crippen molar-refractivity contribution in [2.24, 2.45) is 0 Å². The largest absolute Gasteiger partial charge is 0.315 e. The number of thioether (sulfide) groups is 1. The van der Waals surface area contributed by atoms with Crippen LogP contribution in [0.15, 0.2) is 24.5 Å². The van der Waals surface area contributed by atoms with E-state index < -0.39 is 6.04 Å². The second-order valence-electron chi connectivity index (χ2n) is 8.38. The predicted octanol–water partition coefficient (Wildman–Crippen LogP) is 2.35. The van der Waals surface area contributed by atoms with E-state index in [4.69, 9.17) is 0 Å². The van der Waals surface area contributed by atoms with Gasteiger partial charge in [0.15, 0.2) is 0 Å². The van der Waals surface area contributed by atoms with Crippen LogP contribution in [-0.2, 0) is 15.0 Å². The Morgan fingerprint density at radius 3 is 2.71 bits per heavy atom. The zero-order valence-electron chi connectivity index (χ0n) is 16.5. The van der Waals surface area contributed by atoms with Gasteiger partial charge >= 0.3 is 0 Å². The molecule has 148 valence electrons. The first-order valence-electron chi connectivity index (χ1n) is 9.34. The number of carbonyl (C=O) groups excluding carboxylic acids is 2. The van der Waals surface area contributed by atoms with Crippen LogP contribution in [0.3, 0.4) is 0 Å². The highest BCUT2D eigenvalue weighted by Gasteiger charge is 2.53. The summed E-state index contributed by atoms with van der Waals surface area (Å²) in [5.41, 5.74) is 0.616. The zero-order chi connectivity index (χ0) is 20.1. The summed E-state index contributed by atoms with van der Waals surface area (Å²) in [5, 5.41) is 7.59. The fourth-order valence-electron chi connectivity index (χ4n) is 3.61. The van der Waals surface area contributed by atoms with Crippen molar-refractivity contribution >= 4 is 29.4 Å². The maximum atomic E-state index is 13.1. The highest BCUT2D eigenvalue weighted by Crippen LogP contribution is 2.47. The van der Waals surface area contributed by atoms with Crippen molar-refractivity contribution in [3.8, 4) is 5.95 Å². The maximum Gasteiger partial charge on any atom is 0.252 e. The third-order valence-electron chi connectivity index (χ3n) is 5.22. The van der Waals surface area contributed by atoms with E-state index in [0.29, 0.717) is 23.9 Å². The molecule has 2 aromatic rings. The predicted molar refractivity (Wildman–Crippen MR) is 107 cm³/mol. The van der Waals surface area contributed by atoms with E-state index >= 15 is 0 Å². The molecule has 8 nitrogen and oxygen atoms in total. The molecule has 2 unspecified atom stereocenters. The second kappa shape index (κ2) is 6.58. The number of aromatic nitrogens is 4. The summed E-state index contributed by atoms with van der Waals surface area (Å²) in [7, 11) is 0. The Balaban J connectivity index is 1.65. The number of hydrogen-bond donors (Lipinski definition) is 1. The minimum absolute atomic E-state index is 0.0444. The van der Waals surface area contributed by atoms with Gasteiger partial charge in [-0.05, 0) is 19.4 Å². The molecule has 2 atom stereocenters. The van der Waals surface area contributed by atoms with E-state index in [1.54, 1.807) is 39.8 Å². The van der Waals surface area contributed by atoms with Crippen molar-refractivity contribution in [3.63, 3.8) is 0 Å². The number of carbonyl (C=O) groups is 2. The van der Waals surface area contributed by atoms with Gasteiger partial charge in [0.2, 0.25) is 11.8 Å². The summed E-state index contributed by atoms with van der Waals surface area (Å²) in [6.07, 6.45) is 4.55. The van der Waals surface area contributed by atoms with Gasteiger partial charge in [0.05, 0.1) is 10.6 Å². The van der Waals surface area contributed by atoms with Crippen molar-refractivity contribution in [2.45, 2.75) is 56.9 Å². The van der Waals surface area contributed by atoms with Gasteiger partial charge in [-0.15, -0.1) is 11.8 Å². The normalized spacial score (nSPS) is 24.5. The SMILES string of the molecule is CC(C)(C)c1cc(NC(=O)C2CSC3(C)CCC(=O)N23)n(-c2ncccn2)n1. The second-order valence-corrected chi connectivity index (χ2v) is 9.88. The fraction of sp³-hybridized carbons (Fsp3) is 0.526. The van der Waals surface area contributed by atoms with Gasteiger partial charge in [-0.25, -0.2) is 9.97 Å². The smallest absolute Gasteiger partial charge is 0.252 e. The van der Waals surface area contributed by atoms with Crippen molar-refractivity contribution in [2.75, 3.05) is 11.1 Å². The number of nitrogens with one attached hydrogen (secondary N) is 1. The van der Waals surface area contributed by atoms with E-state index in [9.17, 15) is 9.59 Å². The molecule has 0 aliphatic carbocycles. The number of rotatable bonds is 3. The first-order chi connectivity index (χ1) is 13.2. The van der Waals surface area contributed by atoms with Crippen molar-refractivity contribution < 1.29 is 9.59 Å². The summed E-state index contributed by atoms with van der Waals surface area (Å²) in [6, 6.07) is 3.09. The van der Waals surface area contributed by atoms with E-state index in [-0.39, 0.29) is 22.1 Å². The third-order valence-corrected chi connectivity index (χ3v) is 6.72. The topological polar surface area (TPSA) is 93.0 Å². The van der Waals surface area contributed by atoms with Crippen LogP contribution in [0.2, 0.25) is 0 Å². The van der Waals surface area contributed by atoms with Crippen LogP contribution >= 0.6 is 11.8 Å². The van der Waals surface area contributed by atoms with Gasteiger partial charge in [0.1, 0.15) is 11.9 Å². The number of nitrogens with zero attached hydrogens (tertiary/aromatic N) is 5. The maximum absolute atomic E-state index is 13.1. The Kier molecular flexibility index (Phi) is 4.45. The summed E-state index contributed by atoms with van der Waals surface area (Å²) >= 11 is 1.67. The lowest BCUT2D eigenvalue weighted by Gasteiger charge is -2.29. The van der Waals surface area contributed by atoms with Gasteiger partial charge in [0, 0.05) is 36.0 Å². The molecule has 0 spiro atoms. The highest BCUT2D eigenvalue weighted by molar-refractivity contribution is 8.01. The third kappa shape index (κ3) is 3.17. The summed E-state index contributed by atoms with van der Waals surface area (Å²) < 4.78 is 1.55. The minimum Gasteiger partial charge on any atom is -0.315 e. The van der Waals surface area contributed by atoms with Gasteiger partial charge in [-0.2, -0.15) is 9.78 Å². The van der Waals surface area contributed by atoms with E-state index in [1.165, 1.54) is 0 Å².